The fourth-order valence-electron chi connectivity index (χ4n) is 2.50. The molecule has 0 spiro atoms. The first-order valence-corrected chi connectivity index (χ1v) is 7.62. The molecule has 0 bridgehead atoms. The fraction of sp³-hybridized carbons (Fsp3) is 0.471. The van der Waals surface area contributed by atoms with E-state index in [1.807, 2.05) is 12.1 Å². The van der Waals surface area contributed by atoms with Gasteiger partial charge < -0.3 is 4.90 Å². The molecule has 0 N–H and O–H groups in total. The monoisotopic (exact) mass is 282 g/mol. The van der Waals surface area contributed by atoms with Gasteiger partial charge in [-0.15, -0.1) is 0 Å². The largest absolute Gasteiger partial charge is 0.359 e. The molecular formula is C17H22N4. The zero-order chi connectivity index (χ0) is 14.8. The predicted molar refractivity (Wildman–Crippen MR) is 85.3 cm³/mol. The fourth-order valence-corrected chi connectivity index (χ4v) is 2.50. The van der Waals surface area contributed by atoms with Crippen molar-refractivity contribution < 1.29 is 0 Å². The third-order valence-electron chi connectivity index (χ3n) is 4.23. The smallest absolute Gasteiger partial charge is 0.161 e. The maximum absolute atomic E-state index is 4.79. The molecule has 0 aromatic carbocycles. The topological polar surface area (TPSA) is 41.9 Å². The van der Waals surface area contributed by atoms with Crippen LogP contribution >= 0.6 is 0 Å². The van der Waals surface area contributed by atoms with Crippen molar-refractivity contribution in [1.82, 2.24) is 15.0 Å². The summed E-state index contributed by atoms with van der Waals surface area (Å²) >= 11 is 0. The summed E-state index contributed by atoms with van der Waals surface area (Å²) in [6.07, 6.45) is 7.63. The number of hydrogen-bond acceptors (Lipinski definition) is 4. The van der Waals surface area contributed by atoms with Crippen LogP contribution in [0, 0.1) is 19.8 Å². The van der Waals surface area contributed by atoms with Crippen LogP contribution in [0.1, 0.15) is 30.5 Å². The Morgan fingerprint density at radius 1 is 1.14 bits per heavy atom. The Labute approximate surface area is 126 Å². The van der Waals surface area contributed by atoms with Gasteiger partial charge >= 0.3 is 0 Å². The van der Waals surface area contributed by atoms with Gasteiger partial charge in [0.05, 0.1) is 0 Å². The minimum Gasteiger partial charge on any atom is -0.359 e. The Morgan fingerprint density at radius 3 is 2.52 bits per heavy atom. The summed E-state index contributed by atoms with van der Waals surface area (Å²) in [5.41, 5.74) is 3.24. The number of anilines is 1. The summed E-state index contributed by atoms with van der Waals surface area (Å²) in [5.74, 6) is 2.78. The molecule has 0 atom stereocenters. The van der Waals surface area contributed by atoms with Gasteiger partial charge in [0.2, 0.25) is 0 Å². The lowest BCUT2D eigenvalue weighted by Gasteiger charge is -2.21. The molecule has 1 aliphatic carbocycles. The predicted octanol–water partition coefficient (Wildman–Crippen LogP) is 3.39. The summed E-state index contributed by atoms with van der Waals surface area (Å²) in [6.45, 7) is 5.23. The zero-order valence-electron chi connectivity index (χ0n) is 13.0. The van der Waals surface area contributed by atoms with Crippen molar-refractivity contribution >= 4 is 5.82 Å². The van der Waals surface area contributed by atoms with Crippen molar-refractivity contribution in [2.45, 2.75) is 33.1 Å². The molecule has 4 nitrogen and oxygen atoms in total. The molecule has 2 aromatic rings. The van der Waals surface area contributed by atoms with Crippen LogP contribution < -0.4 is 4.90 Å². The highest BCUT2D eigenvalue weighted by Gasteiger charge is 2.22. The van der Waals surface area contributed by atoms with Gasteiger partial charge in [0.1, 0.15) is 5.82 Å². The van der Waals surface area contributed by atoms with E-state index in [9.17, 15) is 0 Å². The second-order valence-corrected chi connectivity index (χ2v) is 5.97. The first-order valence-electron chi connectivity index (χ1n) is 7.62. The minimum atomic E-state index is 0.786. The molecular weight excluding hydrogens is 260 g/mol. The van der Waals surface area contributed by atoms with Crippen LogP contribution in [0.15, 0.2) is 24.5 Å². The average Bonchev–Trinajstić information content (AvgIpc) is 3.32. The van der Waals surface area contributed by atoms with Crippen LogP contribution in [0.5, 0.6) is 0 Å². The van der Waals surface area contributed by atoms with Crippen molar-refractivity contribution in [3.05, 3.63) is 35.8 Å². The molecule has 2 aromatic heterocycles. The molecule has 3 rings (SSSR count). The quantitative estimate of drug-likeness (QED) is 0.843. The van der Waals surface area contributed by atoms with Gasteiger partial charge in [-0.3, -0.25) is 4.98 Å². The molecule has 0 unspecified atom stereocenters. The Hall–Kier alpha value is -1.97. The Kier molecular flexibility index (Phi) is 3.86. The van der Waals surface area contributed by atoms with E-state index < -0.39 is 0 Å². The van der Waals surface area contributed by atoms with Gasteiger partial charge in [0.25, 0.3) is 0 Å². The van der Waals surface area contributed by atoms with Crippen molar-refractivity contribution in [3.63, 3.8) is 0 Å². The number of aryl methyl sites for hydroxylation is 1. The van der Waals surface area contributed by atoms with Crippen molar-refractivity contribution in [2.24, 2.45) is 5.92 Å². The normalized spacial score (nSPS) is 14.2. The van der Waals surface area contributed by atoms with Gasteiger partial charge in [0, 0.05) is 42.8 Å². The highest BCUT2D eigenvalue weighted by molar-refractivity contribution is 5.59. The summed E-state index contributed by atoms with van der Waals surface area (Å²) in [6, 6.07) is 3.91. The summed E-state index contributed by atoms with van der Waals surface area (Å²) < 4.78 is 0. The third-order valence-corrected chi connectivity index (χ3v) is 4.23. The molecule has 4 heteroatoms. The van der Waals surface area contributed by atoms with Crippen LogP contribution in [0.3, 0.4) is 0 Å². The highest BCUT2D eigenvalue weighted by Crippen LogP contribution is 2.33. The first kappa shape index (κ1) is 14.0. The van der Waals surface area contributed by atoms with E-state index in [4.69, 9.17) is 4.98 Å². The van der Waals surface area contributed by atoms with Gasteiger partial charge in [-0.1, -0.05) is 12.8 Å². The van der Waals surface area contributed by atoms with Gasteiger partial charge in [-0.2, -0.15) is 0 Å². The molecule has 1 fully saturated rings. The van der Waals surface area contributed by atoms with E-state index in [1.165, 1.54) is 24.8 Å². The third kappa shape index (κ3) is 3.20. The lowest BCUT2D eigenvalue weighted by molar-refractivity contribution is 0.704. The number of aromatic nitrogens is 3. The molecule has 110 valence electrons. The van der Waals surface area contributed by atoms with Crippen molar-refractivity contribution in [1.29, 1.82) is 0 Å². The number of rotatable bonds is 5. The van der Waals surface area contributed by atoms with Crippen molar-refractivity contribution in [2.75, 3.05) is 18.5 Å². The second-order valence-electron chi connectivity index (χ2n) is 5.97. The molecule has 0 saturated heterocycles. The number of nitrogens with zero attached hydrogens (tertiary/aromatic N) is 4. The highest BCUT2D eigenvalue weighted by atomic mass is 15.2. The van der Waals surface area contributed by atoms with Gasteiger partial charge in [-0.05, 0) is 38.3 Å². The van der Waals surface area contributed by atoms with Crippen LogP contribution in [0.25, 0.3) is 11.4 Å². The molecule has 0 radical (unpaired) electrons. The van der Waals surface area contributed by atoms with Crippen LogP contribution in [0.4, 0.5) is 5.82 Å². The van der Waals surface area contributed by atoms with E-state index in [0.717, 1.165) is 35.4 Å². The maximum atomic E-state index is 4.79. The molecule has 0 aliphatic heterocycles. The second kappa shape index (κ2) is 5.80. The molecule has 21 heavy (non-hydrogen) atoms. The number of pyridine rings is 1. The molecule has 1 aliphatic rings. The Bertz CT molecular complexity index is 620. The minimum absolute atomic E-state index is 0.786. The average molecular weight is 282 g/mol. The Morgan fingerprint density at radius 2 is 1.86 bits per heavy atom. The Balaban J connectivity index is 1.89. The van der Waals surface area contributed by atoms with E-state index in [-0.39, 0.29) is 0 Å². The van der Waals surface area contributed by atoms with E-state index in [2.05, 4.69) is 35.8 Å². The van der Waals surface area contributed by atoms with Crippen LogP contribution in [0.2, 0.25) is 0 Å². The van der Waals surface area contributed by atoms with Crippen LogP contribution in [-0.4, -0.2) is 28.5 Å². The number of hydrogen-bond donors (Lipinski definition) is 0. The summed E-state index contributed by atoms with van der Waals surface area (Å²) in [4.78, 5) is 15.7. The lowest BCUT2D eigenvalue weighted by Crippen LogP contribution is -2.22. The van der Waals surface area contributed by atoms with Crippen LogP contribution in [-0.2, 0) is 0 Å². The maximum Gasteiger partial charge on any atom is 0.161 e. The standard InChI is InChI=1S/C17H22N4/c1-12-13(2)19-16(15-6-9-18-10-7-15)20-17(12)21(3)11-8-14-4-5-14/h6-7,9-10,14H,4-5,8,11H2,1-3H3. The SMILES string of the molecule is Cc1nc(-c2ccncc2)nc(N(C)CCC2CC2)c1C. The summed E-state index contributed by atoms with van der Waals surface area (Å²) in [5, 5.41) is 0. The summed E-state index contributed by atoms with van der Waals surface area (Å²) in [7, 11) is 2.13. The van der Waals surface area contributed by atoms with Gasteiger partial charge in [0.15, 0.2) is 5.82 Å². The van der Waals surface area contributed by atoms with Gasteiger partial charge in [-0.25, -0.2) is 9.97 Å². The lowest BCUT2D eigenvalue weighted by atomic mass is 10.2. The zero-order valence-corrected chi connectivity index (χ0v) is 13.0. The van der Waals surface area contributed by atoms with Crippen molar-refractivity contribution in [3.8, 4) is 11.4 Å². The molecule has 2 heterocycles. The molecule has 0 amide bonds. The van der Waals surface area contributed by atoms with E-state index in [1.54, 1.807) is 12.4 Å². The van der Waals surface area contributed by atoms with E-state index in [0.29, 0.717) is 0 Å². The first-order chi connectivity index (χ1) is 10.1. The van der Waals surface area contributed by atoms with E-state index >= 15 is 0 Å². The molecule has 1 saturated carbocycles.